The molecular formula is C12H16O3. The normalized spacial score (nSPS) is 25.5. The molecule has 3 heteroatoms. The van der Waals surface area contributed by atoms with Crippen molar-refractivity contribution in [3.63, 3.8) is 0 Å². The fraction of sp³-hybridized carbons (Fsp3) is 0.500. The fourth-order valence-electron chi connectivity index (χ4n) is 1.90. The van der Waals surface area contributed by atoms with Crippen LogP contribution in [0.3, 0.4) is 0 Å². The number of aliphatic hydroxyl groups is 1. The molecule has 3 nitrogen and oxygen atoms in total. The number of para-hydroxylation sites is 1. The maximum Gasteiger partial charge on any atom is 0.125 e. The molecular weight excluding hydrogens is 192 g/mol. The molecule has 2 rings (SSSR count). The minimum Gasteiger partial charge on any atom is -0.493 e. The third kappa shape index (κ3) is 1.98. The first-order chi connectivity index (χ1) is 7.26. The first-order valence-corrected chi connectivity index (χ1v) is 5.29. The predicted octanol–water partition coefficient (Wildman–Crippen LogP) is 1.69. The molecule has 1 N–H and O–H groups in total. The van der Waals surface area contributed by atoms with Gasteiger partial charge in [-0.1, -0.05) is 18.2 Å². The molecule has 1 heterocycles. The van der Waals surface area contributed by atoms with Crippen molar-refractivity contribution in [1.82, 2.24) is 0 Å². The van der Waals surface area contributed by atoms with Crippen LogP contribution in [-0.4, -0.2) is 24.9 Å². The minimum atomic E-state index is -0.869. The lowest BCUT2D eigenvalue weighted by Gasteiger charge is -2.23. The van der Waals surface area contributed by atoms with Crippen LogP contribution >= 0.6 is 0 Å². The second-order valence-electron chi connectivity index (χ2n) is 3.76. The van der Waals surface area contributed by atoms with E-state index in [4.69, 9.17) is 9.47 Å². The topological polar surface area (TPSA) is 38.7 Å². The lowest BCUT2D eigenvalue weighted by molar-refractivity contribution is 0.0208. The smallest absolute Gasteiger partial charge is 0.125 e. The molecule has 0 bridgehead atoms. The number of benzene rings is 1. The van der Waals surface area contributed by atoms with Crippen LogP contribution in [0.4, 0.5) is 0 Å². The van der Waals surface area contributed by atoms with Crippen molar-refractivity contribution >= 4 is 0 Å². The molecule has 0 spiro atoms. The summed E-state index contributed by atoms with van der Waals surface area (Å²) in [6, 6.07) is 7.61. The Morgan fingerprint density at radius 2 is 2.27 bits per heavy atom. The van der Waals surface area contributed by atoms with Gasteiger partial charge in [0.1, 0.15) is 11.4 Å². The highest BCUT2D eigenvalue weighted by Gasteiger charge is 2.36. The summed E-state index contributed by atoms with van der Waals surface area (Å²) in [5.41, 5.74) is -0.0319. The van der Waals surface area contributed by atoms with Crippen molar-refractivity contribution in [2.24, 2.45) is 0 Å². The third-order valence-corrected chi connectivity index (χ3v) is 2.69. The number of ether oxygens (including phenoxy) is 2. The standard InChI is InChI=1S/C12H16O3/c1-2-15-11-6-4-3-5-10(11)12(13)7-8-14-9-12/h3-6,13H,2,7-9H2,1H3. The maximum atomic E-state index is 10.4. The largest absolute Gasteiger partial charge is 0.493 e. The molecule has 82 valence electrons. The van der Waals surface area contributed by atoms with Gasteiger partial charge in [0, 0.05) is 18.6 Å². The maximum absolute atomic E-state index is 10.4. The molecule has 1 saturated heterocycles. The molecule has 1 aromatic rings. The van der Waals surface area contributed by atoms with Gasteiger partial charge < -0.3 is 14.6 Å². The van der Waals surface area contributed by atoms with E-state index in [1.807, 2.05) is 31.2 Å². The van der Waals surface area contributed by atoms with E-state index in [1.54, 1.807) is 0 Å². The van der Waals surface area contributed by atoms with Crippen LogP contribution in [0, 0.1) is 0 Å². The van der Waals surface area contributed by atoms with Crippen molar-refractivity contribution in [3.8, 4) is 5.75 Å². The number of hydrogen-bond donors (Lipinski definition) is 1. The summed E-state index contributed by atoms with van der Waals surface area (Å²) in [6.45, 7) is 3.51. The number of hydrogen-bond acceptors (Lipinski definition) is 3. The van der Waals surface area contributed by atoms with E-state index in [0.29, 0.717) is 26.2 Å². The van der Waals surface area contributed by atoms with E-state index in [9.17, 15) is 5.11 Å². The molecule has 1 aliphatic heterocycles. The predicted molar refractivity (Wildman–Crippen MR) is 56.9 cm³/mol. The first kappa shape index (κ1) is 10.5. The van der Waals surface area contributed by atoms with E-state index in [1.165, 1.54) is 0 Å². The first-order valence-electron chi connectivity index (χ1n) is 5.29. The molecule has 0 amide bonds. The van der Waals surface area contributed by atoms with Crippen molar-refractivity contribution in [1.29, 1.82) is 0 Å². The Bertz CT molecular complexity index is 329. The van der Waals surface area contributed by atoms with E-state index in [-0.39, 0.29) is 0 Å². The highest BCUT2D eigenvalue weighted by atomic mass is 16.5. The summed E-state index contributed by atoms with van der Waals surface area (Å²) < 4.78 is 10.7. The zero-order valence-corrected chi connectivity index (χ0v) is 8.90. The average Bonchev–Trinajstić information content (AvgIpc) is 2.68. The van der Waals surface area contributed by atoms with Gasteiger partial charge in [0.05, 0.1) is 13.2 Å². The van der Waals surface area contributed by atoms with Crippen LogP contribution in [0.5, 0.6) is 5.75 Å². The molecule has 15 heavy (non-hydrogen) atoms. The molecule has 0 aromatic heterocycles. The van der Waals surface area contributed by atoms with Crippen LogP contribution in [0.2, 0.25) is 0 Å². The van der Waals surface area contributed by atoms with Crippen LogP contribution < -0.4 is 4.74 Å². The van der Waals surface area contributed by atoms with E-state index in [2.05, 4.69) is 0 Å². The van der Waals surface area contributed by atoms with Gasteiger partial charge in [-0.2, -0.15) is 0 Å². The molecule has 1 unspecified atom stereocenters. The molecule has 1 aliphatic rings. The highest BCUT2D eigenvalue weighted by Crippen LogP contribution is 2.35. The third-order valence-electron chi connectivity index (χ3n) is 2.69. The summed E-state index contributed by atoms with van der Waals surface area (Å²) in [5, 5.41) is 10.4. The van der Waals surface area contributed by atoms with Gasteiger partial charge in [-0.3, -0.25) is 0 Å². The van der Waals surface area contributed by atoms with Gasteiger partial charge in [-0.15, -0.1) is 0 Å². The van der Waals surface area contributed by atoms with Crippen LogP contribution in [0.15, 0.2) is 24.3 Å². The van der Waals surface area contributed by atoms with E-state index in [0.717, 1.165) is 11.3 Å². The van der Waals surface area contributed by atoms with Crippen molar-refractivity contribution in [2.75, 3.05) is 19.8 Å². The summed E-state index contributed by atoms with van der Waals surface area (Å²) in [4.78, 5) is 0. The SMILES string of the molecule is CCOc1ccccc1C1(O)CCOC1. The number of rotatable bonds is 3. The van der Waals surface area contributed by atoms with Crippen LogP contribution in [0.1, 0.15) is 18.9 Å². The van der Waals surface area contributed by atoms with Gasteiger partial charge in [-0.25, -0.2) is 0 Å². The summed E-state index contributed by atoms with van der Waals surface area (Å²) in [6.07, 6.45) is 0.636. The average molecular weight is 208 g/mol. The van der Waals surface area contributed by atoms with Crippen molar-refractivity contribution in [2.45, 2.75) is 18.9 Å². The molecule has 1 atom stereocenters. The summed E-state index contributed by atoms with van der Waals surface area (Å²) in [5.74, 6) is 0.757. The Kier molecular flexibility index (Phi) is 2.93. The molecule has 0 saturated carbocycles. The van der Waals surface area contributed by atoms with Gasteiger partial charge in [0.2, 0.25) is 0 Å². The lowest BCUT2D eigenvalue weighted by atomic mass is 9.92. The minimum absolute atomic E-state index is 0.358. The fourth-order valence-corrected chi connectivity index (χ4v) is 1.90. The van der Waals surface area contributed by atoms with E-state index >= 15 is 0 Å². The quantitative estimate of drug-likeness (QED) is 0.821. The van der Waals surface area contributed by atoms with Gasteiger partial charge in [0.15, 0.2) is 0 Å². The Balaban J connectivity index is 2.33. The van der Waals surface area contributed by atoms with Gasteiger partial charge >= 0.3 is 0 Å². The molecule has 1 aromatic carbocycles. The summed E-state index contributed by atoms with van der Waals surface area (Å²) >= 11 is 0. The second kappa shape index (κ2) is 4.21. The van der Waals surface area contributed by atoms with Crippen molar-refractivity contribution < 1.29 is 14.6 Å². The zero-order chi connectivity index (χ0) is 10.7. The Morgan fingerprint density at radius 3 is 2.93 bits per heavy atom. The van der Waals surface area contributed by atoms with Crippen molar-refractivity contribution in [3.05, 3.63) is 29.8 Å². The highest BCUT2D eigenvalue weighted by molar-refractivity contribution is 5.38. The monoisotopic (exact) mass is 208 g/mol. The van der Waals surface area contributed by atoms with Crippen LogP contribution in [-0.2, 0) is 10.3 Å². The lowest BCUT2D eigenvalue weighted by Crippen LogP contribution is -2.26. The Morgan fingerprint density at radius 1 is 1.47 bits per heavy atom. The Hall–Kier alpha value is -1.06. The Labute approximate surface area is 89.6 Å². The van der Waals surface area contributed by atoms with Gasteiger partial charge in [-0.05, 0) is 13.0 Å². The van der Waals surface area contributed by atoms with Gasteiger partial charge in [0.25, 0.3) is 0 Å². The van der Waals surface area contributed by atoms with E-state index < -0.39 is 5.60 Å². The summed E-state index contributed by atoms with van der Waals surface area (Å²) in [7, 11) is 0. The zero-order valence-electron chi connectivity index (χ0n) is 8.90. The van der Waals surface area contributed by atoms with Crippen LogP contribution in [0.25, 0.3) is 0 Å². The molecule has 0 radical (unpaired) electrons. The molecule has 0 aliphatic carbocycles. The molecule has 1 fully saturated rings. The second-order valence-corrected chi connectivity index (χ2v) is 3.76.